The molecule has 0 radical (unpaired) electrons. The van der Waals surface area contributed by atoms with Gasteiger partial charge in [-0.25, -0.2) is 0 Å². The standard InChI is InChI=1S/C14H23NO12/c1-3(17)15-5-10(6(18)4(2-16)25-13(5)24)26-14-9(21)7(19)8(20)11(27-14)12(22)23/h4-11,13-14,16,18-21,24H,2H2,1H3,(H,15,17)(H,22,23)/p-1/t4-,5-,6-,7+,8+,9-,10-,11+,13-,14-/m1/s1. The molecule has 0 unspecified atom stereocenters. The number of hydrogen-bond donors (Lipinski definition) is 7. The van der Waals surface area contributed by atoms with Gasteiger partial charge in [0.05, 0.1) is 12.6 Å². The molecule has 0 bridgehead atoms. The predicted molar refractivity (Wildman–Crippen MR) is 78.1 cm³/mol. The third-order valence-electron chi connectivity index (χ3n) is 4.34. The minimum Gasteiger partial charge on any atom is -0.547 e. The van der Waals surface area contributed by atoms with E-state index in [4.69, 9.17) is 14.2 Å². The Balaban J connectivity index is 2.25. The topological polar surface area (TPSA) is 218 Å². The van der Waals surface area contributed by atoms with E-state index in [9.17, 15) is 45.3 Å². The molecule has 7 N–H and O–H groups in total. The van der Waals surface area contributed by atoms with Crippen LogP contribution in [-0.2, 0) is 23.8 Å². The molecule has 10 atom stereocenters. The summed E-state index contributed by atoms with van der Waals surface area (Å²) in [4.78, 5) is 22.4. The molecule has 2 saturated heterocycles. The van der Waals surface area contributed by atoms with Gasteiger partial charge in [0, 0.05) is 6.92 Å². The van der Waals surface area contributed by atoms with Crippen LogP contribution >= 0.6 is 0 Å². The van der Waals surface area contributed by atoms with E-state index in [1.54, 1.807) is 0 Å². The molecule has 2 aliphatic rings. The molecule has 0 aliphatic carbocycles. The molecule has 0 aromatic rings. The normalized spacial score (nSPS) is 45.3. The van der Waals surface area contributed by atoms with E-state index in [0.717, 1.165) is 6.92 Å². The number of aliphatic carboxylic acids is 1. The zero-order chi connectivity index (χ0) is 20.5. The first-order valence-electron chi connectivity index (χ1n) is 8.04. The molecule has 2 fully saturated rings. The van der Waals surface area contributed by atoms with Crippen molar-refractivity contribution in [3.63, 3.8) is 0 Å². The Morgan fingerprint density at radius 3 is 2.19 bits per heavy atom. The van der Waals surface area contributed by atoms with Crippen LogP contribution in [0.25, 0.3) is 0 Å². The van der Waals surface area contributed by atoms with Gasteiger partial charge in [-0.05, 0) is 0 Å². The summed E-state index contributed by atoms with van der Waals surface area (Å²) in [6, 6.07) is -1.39. The fourth-order valence-electron chi connectivity index (χ4n) is 2.94. The highest BCUT2D eigenvalue weighted by Crippen LogP contribution is 2.28. The number of nitrogens with one attached hydrogen (secondary N) is 1. The van der Waals surface area contributed by atoms with Gasteiger partial charge in [-0.1, -0.05) is 0 Å². The maximum atomic E-state index is 11.3. The van der Waals surface area contributed by atoms with Gasteiger partial charge in [0.2, 0.25) is 5.91 Å². The summed E-state index contributed by atoms with van der Waals surface area (Å²) in [5, 5.41) is 72.2. The third kappa shape index (κ3) is 4.53. The lowest BCUT2D eigenvalue weighted by Crippen LogP contribution is -2.68. The van der Waals surface area contributed by atoms with Crippen LogP contribution in [0, 0.1) is 0 Å². The lowest BCUT2D eigenvalue weighted by atomic mass is 9.95. The van der Waals surface area contributed by atoms with Crippen LogP contribution in [0.3, 0.4) is 0 Å². The maximum absolute atomic E-state index is 11.3. The van der Waals surface area contributed by atoms with Gasteiger partial charge in [-0.15, -0.1) is 0 Å². The van der Waals surface area contributed by atoms with E-state index in [0.29, 0.717) is 0 Å². The number of amides is 1. The Kier molecular flexibility index (Phi) is 7.07. The molecule has 0 aromatic heterocycles. The fraction of sp³-hybridized carbons (Fsp3) is 0.857. The van der Waals surface area contributed by atoms with E-state index in [2.05, 4.69) is 5.32 Å². The van der Waals surface area contributed by atoms with E-state index >= 15 is 0 Å². The van der Waals surface area contributed by atoms with Crippen molar-refractivity contribution >= 4 is 11.9 Å². The smallest absolute Gasteiger partial charge is 0.217 e. The number of aliphatic hydroxyl groups is 6. The van der Waals surface area contributed by atoms with Crippen molar-refractivity contribution in [1.29, 1.82) is 0 Å². The van der Waals surface area contributed by atoms with Gasteiger partial charge in [0.15, 0.2) is 12.6 Å². The molecule has 0 aromatic carbocycles. The molecule has 2 rings (SSSR count). The number of carboxylic acid groups (broad SMARTS) is 1. The van der Waals surface area contributed by atoms with Crippen molar-refractivity contribution < 1.29 is 59.5 Å². The average Bonchev–Trinajstić information content (AvgIpc) is 2.60. The predicted octanol–water partition coefficient (Wildman–Crippen LogP) is -6.50. The van der Waals surface area contributed by atoms with Crippen molar-refractivity contribution in [2.45, 2.75) is 68.3 Å². The van der Waals surface area contributed by atoms with Gasteiger partial charge in [-0.2, -0.15) is 0 Å². The van der Waals surface area contributed by atoms with Crippen LogP contribution < -0.4 is 10.4 Å². The Morgan fingerprint density at radius 2 is 1.67 bits per heavy atom. The zero-order valence-electron chi connectivity index (χ0n) is 14.1. The summed E-state index contributed by atoms with van der Waals surface area (Å²) in [5.41, 5.74) is 0. The second-order valence-electron chi connectivity index (χ2n) is 6.28. The highest BCUT2D eigenvalue weighted by Gasteiger charge is 2.51. The Morgan fingerprint density at radius 1 is 1.04 bits per heavy atom. The number of carbonyl (C=O) groups excluding carboxylic acids is 2. The largest absolute Gasteiger partial charge is 0.547 e. The van der Waals surface area contributed by atoms with Crippen molar-refractivity contribution in [2.24, 2.45) is 0 Å². The van der Waals surface area contributed by atoms with Crippen molar-refractivity contribution in [1.82, 2.24) is 5.32 Å². The molecule has 13 nitrogen and oxygen atoms in total. The van der Waals surface area contributed by atoms with Crippen LogP contribution in [0.4, 0.5) is 0 Å². The minimum absolute atomic E-state index is 0.640. The first-order valence-corrected chi connectivity index (χ1v) is 8.04. The molecule has 2 heterocycles. The lowest BCUT2D eigenvalue weighted by molar-refractivity contribution is -0.363. The maximum Gasteiger partial charge on any atom is 0.217 e. The van der Waals surface area contributed by atoms with Gasteiger partial charge in [0.25, 0.3) is 0 Å². The molecule has 156 valence electrons. The van der Waals surface area contributed by atoms with Crippen LogP contribution in [-0.4, -0.2) is 110 Å². The molecule has 1 amide bonds. The average molecular weight is 396 g/mol. The highest BCUT2D eigenvalue weighted by molar-refractivity contribution is 5.73. The Hall–Kier alpha value is -1.42. The molecule has 27 heavy (non-hydrogen) atoms. The SMILES string of the molecule is CC(=O)N[C@@H]1[C@@H](O[C@@H]2O[C@H](C(=O)[O-])[C@@H](O)[C@H](O)[C@H]2O)[C@H](O)[C@@H](CO)O[C@H]1O. The molecular weight excluding hydrogens is 374 g/mol. The molecular formula is C14H22NO12-. The molecule has 13 heteroatoms. The fourth-order valence-corrected chi connectivity index (χ4v) is 2.94. The number of carbonyl (C=O) groups is 2. The molecule has 0 saturated carbocycles. The number of rotatable bonds is 5. The van der Waals surface area contributed by atoms with Gasteiger partial charge < -0.3 is 60.1 Å². The number of ether oxygens (including phenoxy) is 3. The molecule has 0 spiro atoms. The Labute approximate surface area is 152 Å². The van der Waals surface area contributed by atoms with Crippen LogP contribution in [0.1, 0.15) is 6.92 Å². The summed E-state index contributed by atoms with van der Waals surface area (Å²) in [6.45, 7) is 0.369. The summed E-state index contributed by atoms with van der Waals surface area (Å²) >= 11 is 0. The van der Waals surface area contributed by atoms with Gasteiger partial charge >= 0.3 is 0 Å². The lowest BCUT2D eigenvalue weighted by Gasteiger charge is -2.46. The van der Waals surface area contributed by atoms with Crippen molar-refractivity contribution in [2.75, 3.05) is 6.61 Å². The van der Waals surface area contributed by atoms with Crippen molar-refractivity contribution in [3.8, 4) is 0 Å². The van der Waals surface area contributed by atoms with E-state index in [1.165, 1.54) is 0 Å². The first-order chi connectivity index (χ1) is 12.6. The number of hydrogen-bond acceptors (Lipinski definition) is 12. The first kappa shape index (κ1) is 21.9. The summed E-state index contributed by atoms with van der Waals surface area (Å²) in [7, 11) is 0. The number of aliphatic hydroxyl groups excluding tert-OH is 6. The van der Waals surface area contributed by atoms with E-state index in [1.807, 2.05) is 0 Å². The second kappa shape index (κ2) is 8.72. The van der Waals surface area contributed by atoms with Gasteiger partial charge in [-0.3, -0.25) is 4.79 Å². The van der Waals surface area contributed by atoms with E-state index in [-0.39, 0.29) is 0 Å². The summed E-state index contributed by atoms with van der Waals surface area (Å²) in [5.74, 6) is -2.53. The van der Waals surface area contributed by atoms with E-state index < -0.39 is 79.8 Å². The second-order valence-corrected chi connectivity index (χ2v) is 6.28. The summed E-state index contributed by atoms with van der Waals surface area (Å²) < 4.78 is 15.2. The zero-order valence-corrected chi connectivity index (χ0v) is 14.1. The van der Waals surface area contributed by atoms with Crippen molar-refractivity contribution in [3.05, 3.63) is 0 Å². The van der Waals surface area contributed by atoms with Crippen LogP contribution in [0.15, 0.2) is 0 Å². The third-order valence-corrected chi connectivity index (χ3v) is 4.34. The monoisotopic (exact) mass is 396 g/mol. The van der Waals surface area contributed by atoms with Crippen LogP contribution in [0.5, 0.6) is 0 Å². The summed E-state index contributed by atoms with van der Waals surface area (Å²) in [6.07, 6.45) is -16.1. The highest BCUT2D eigenvalue weighted by atomic mass is 16.7. The molecule has 2 aliphatic heterocycles. The number of carboxylic acids is 1. The minimum atomic E-state index is -2.05. The quantitative estimate of drug-likeness (QED) is 0.231. The van der Waals surface area contributed by atoms with Gasteiger partial charge in [0.1, 0.15) is 48.8 Å². The Bertz CT molecular complexity index is 546. The van der Waals surface area contributed by atoms with Crippen LogP contribution in [0.2, 0.25) is 0 Å².